The minimum atomic E-state index is -0.248. The van der Waals surface area contributed by atoms with E-state index in [0.717, 1.165) is 37.1 Å². The lowest BCUT2D eigenvalue weighted by atomic mass is 9.78. The zero-order valence-electron chi connectivity index (χ0n) is 11.2. The van der Waals surface area contributed by atoms with Gasteiger partial charge < -0.3 is 16.6 Å². The van der Waals surface area contributed by atoms with Crippen LogP contribution in [-0.4, -0.2) is 15.3 Å². The fourth-order valence-electron chi connectivity index (χ4n) is 2.66. The van der Waals surface area contributed by atoms with Gasteiger partial charge in [0.05, 0.1) is 5.69 Å². The molecule has 1 aliphatic carbocycles. The zero-order valence-corrected chi connectivity index (χ0v) is 11.2. The van der Waals surface area contributed by atoms with E-state index < -0.39 is 0 Å². The Kier molecular flexibility index (Phi) is 4.45. The van der Waals surface area contributed by atoms with Crippen LogP contribution >= 0.6 is 0 Å². The van der Waals surface area contributed by atoms with Crippen molar-refractivity contribution < 1.29 is 5.11 Å². The lowest BCUT2D eigenvalue weighted by molar-refractivity contribution is 0.351. The molecule has 1 heterocycles. The second kappa shape index (κ2) is 6.27. The smallest absolute Gasteiger partial charge is 0.264 e. The Morgan fingerprint density at radius 2 is 2.15 bits per heavy atom. The van der Waals surface area contributed by atoms with Crippen LogP contribution in [0.25, 0.3) is 0 Å². The van der Waals surface area contributed by atoms with Crippen molar-refractivity contribution in [3.63, 3.8) is 0 Å². The number of hydrogen-bond acceptors (Lipinski definition) is 5. The Morgan fingerprint density at radius 1 is 1.35 bits per heavy atom. The minimum absolute atomic E-state index is 0.191. The molecule has 6 N–H and O–H groups in total. The summed E-state index contributed by atoms with van der Waals surface area (Å²) < 4.78 is 0. The fourth-order valence-corrected chi connectivity index (χ4v) is 2.66. The average molecular weight is 276 g/mol. The lowest BCUT2D eigenvalue weighted by Crippen LogP contribution is -2.21. The first-order valence-electron chi connectivity index (χ1n) is 6.73. The standard InChI is InChI=1S/C14H20N4O2/c15-11(4-6-13(16)19)9-2-1-3-10(8-9)12-5-7-14(20)18-17-12/h4-7,9-10,19H,1-3,8,15-16H2,(H,18,20)/b11-4-,13-6+. The second-order valence-corrected chi connectivity index (χ2v) is 5.16. The number of aliphatic hydroxyl groups excluding tert-OH is 1. The second-order valence-electron chi connectivity index (χ2n) is 5.16. The molecule has 1 aliphatic rings. The number of aromatic nitrogens is 2. The highest BCUT2D eigenvalue weighted by Crippen LogP contribution is 2.37. The van der Waals surface area contributed by atoms with Crippen molar-refractivity contribution in [3.8, 4) is 0 Å². The van der Waals surface area contributed by atoms with Crippen molar-refractivity contribution >= 4 is 0 Å². The number of aliphatic hydroxyl groups is 1. The van der Waals surface area contributed by atoms with Crippen molar-refractivity contribution in [2.75, 3.05) is 0 Å². The number of aromatic amines is 1. The van der Waals surface area contributed by atoms with Crippen molar-refractivity contribution in [1.29, 1.82) is 0 Å². The molecule has 0 bridgehead atoms. The van der Waals surface area contributed by atoms with Gasteiger partial charge in [0.15, 0.2) is 5.88 Å². The highest BCUT2D eigenvalue weighted by atomic mass is 16.3. The maximum atomic E-state index is 11.0. The van der Waals surface area contributed by atoms with E-state index >= 15 is 0 Å². The van der Waals surface area contributed by atoms with Crippen LogP contribution in [0.5, 0.6) is 0 Å². The maximum absolute atomic E-state index is 11.0. The van der Waals surface area contributed by atoms with Crippen molar-refractivity contribution in [2.45, 2.75) is 31.6 Å². The topological polar surface area (TPSA) is 118 Å². The molecule has 0 amide bonds. The molecular weight excluding hydrogens is 256 g/mol. The molecule has 2 unspecified atom stereocenters. The number of allylic oxidation sites excluding steroid dienone is 3. The van der Waals surface area contributed by atoms with Gasteiger partial charge in [0.25, 0.3) is 5.56 Å². The Morgan fingerprint density at radius 3 is 2.80 bits per heavy atom. The monoisotopic (exact) mass is 276 g/mol. The number of rotatable bonds is 3. The summed E-state index contributed by atoms with van der Waals surface area (Å²) in [7, 11) is 0. The van der Waals surface area contributed by atoms with Gasteiger partial charge in [-0.25, -0.2) is 5.10 Å². The van der Waals surface area contributed by atoms with E-state index in [2.05, 4.69) is 10.2 Å². The molecular formula is C14H20N4O2. The summed E-state index contributed by atoms with van der Waals surface area (Å²) in [6.07, 6.45) is 7.06. The first kappa shape index (κ1) is 14.2. The molecule has 0 aromatic carbocycles. The average Bonchev–Trinajstić information content (AvgIpc) is 2.45. The molecule has 0 saturated heterocycles. The first-order valence-corrected chi connectivity index (χ1v) is 6.73. The van der Waals surface area contributed by atoms with E-state index in [0.29, 0.717) is 5.92 Å². The lowest BCUT2D eigenvalue weighted by Gasteiger charge is -2.28. The van der Waals surface area contributed by atoms with Gasteiger partial charge in [0.1, 0.15) is 0 Å². The maximum Gasteiger partial charge on any atom is 0.264 e. The SMILES string of the molecule is N/C(=C\C=C(/N)O)C1CCCC(c2ccc(=O)[nH]n2)C1. The molecule has 2 atom stereocenters. The van der Waals surface area contributed by atoms with Gasteiger partial charge in [-0.05, 0) is 43.4 Å². The third-order valence-electron chi connectivity index (χ3n) is 3.71. The normalized spacial score (nSPS) is 24.6. The molecule has 1 aromatic rings. The third kappa shape index (κ3) is 3.63. The number of hydrogen-bond donors (Lipinski definition) is 4. The number of nitrogens with one attached hydrogen (secondary N) is 1. The van der Waals surface area contributed by atoms with Crippen LogP contribution in [0.4, 0.5) is 0 Å². The van der Waals surface area contributed by atoms with Crippen molar-refractivity contribution in [3.05, 3.63) is 51.9 Å². The van der Waals surface area contributed by atoms with Crippen LogP contribution in [0, 0.1) is 5.92 Å². The summed E-state index contributed by atoms with van der Waals surface area (Å²) in [6, 6.07) is 3.28. The van der Waals surface area contributed by atoms with Crippen LogP contribution in [0.3, 0.4) is 0 Å². The van der Waals surface area contributed by atoms with Gasteiger partial charge in [-0.15, -0.1) is 0 Å². The summed E-state index contributed by atoms with van der Waals surface area (Å²) >= 11 is 0. The van der Waals surface area contributed by atoms with Gasteiger partial charge in [-0.2, -0.15) is 5.10 Å². The molecule has 0 aliphatic heterocycles. The first-order chi connectivity index (χ1) is 9.56. The fraction of sp³-hybridized carbons (Fsp3) is 0.429. The van der Waals surface area contributed by atoms with Crippen LogP contribution in [-0.2, 0) is 0 Å². The molecule has 6 heteroatoms. The molecule has 1 saturated carbocycles. The summed E-state index contributed by atoms with van der Waals surface area (Å²) in [6.45, 7) is 0. The Balaban J connectivity index is 2.08. The van der Waals surface area contributed by atoms with Gasteiger partial charge >= 0.3 is 0 Å². The van der Waals surface area contributed by atoms with Gasteiger partial charge in [-0.1, -0.05) is 6.42 Å². The molecule has 0 spiro atoms. The zero-order chi connectivity index (χ0) is 14.5. The van der Waals surface area contributed by atoms with Gasteiger partial charge in [0, 0.05) is 17.7 Å². The predicted molar refractivity (Wildman–Crippen MR) is 76.7 cm³/mol. The minimum Gasteiger partial charge on any atom is -0.495 e. The van der Waals surface area contributed by atoms with Crippen molar-refractivity contribution in [2.24, 2.45) is 17.4 Å². The molecule has 1 aromatic heterocycles. The number of nitrogens with two attached hydrogens (primary N) is 2. The van der Waals surface area contributed by atoms with Crippen LogP contribution in [0.1, 0.15) is 37.3 Å². The molecule has 1 fully saturated rings. The van der Waals surface area contributed by atoms with Crippen molar-refractivity contribution in [1.82, 2.24) is 10.2 Å². The van der Waals surface area contributed by atoms with E-state index in [4.69, 9.17) is 16.6 Å². The molecule has 108 valence electrons. The van der Waals surface area contributed by atoms with E-state index in [1.165, 1.54) is 12.1 Å². The summed E-state index contributed by atoms with van der Waals surface area (Å²) in [5.74, 6) is 0.300. The van der Waals surface area contributed by atoms with Gasteiger partial charge in [0.2, 0.25) is 0 Å². The van der Waals surface area contributed by atoms with Crippen LogP contribution < -0.4 is 17.0 Å². The Labute approximate surface area is 117 Å². The molecule has 2 rings (SSSR count). The Hall–Kier alpha value is -2.24. The quantitative estimate of drug-likeness (QED) is 0.489. The molecule has 0 radical (unpaired) electrons. The van der Waals surface area contributed by atoms with Gasteiger partial charge in [-0.3, -0.25) is 4.79 Å². The molecule has 6 nitrogen and oxygen atoms in total. The summed E-state index contributed by atoms with van der Waals surface area (Å²) in [5, 5.41) is 15.5. The number of nitrogens with zero attached hydrogens (tertiary/aromatic N) is 1. The summed E-state index contributed by atoms with van der Waals surface area (Å²) in [5.41, 5.74) is 12.6. The van der Waals surface area contributed by atoms with Crippen LogP contribution in [0.15, 0.2) is 40.7 Å². The number of H-pyrrole nitrogens is 1. The van der Waals surface area contributed by atoms with Crippen LogP contribution in [0.2, 0.25) is 0 Å². The third-order valence-corrected chi connectivity index (χ3v) is 3.71. The van der Waals surface area contributed by atoms with E-state index in [1.54, 1.807) is 12.1 Å². The Bertz CT molecular complexity index is 552. The van der Waals surface area contributed by atoms with E-state index in [1.807, 2.05) is 0 Å². The van der Waals surface area contributed by atoms with E-state index in [-0.39, 0.29) is 17.4 Å². The highest BCUT2D eigenvalue weighted by Gasteiger charge is 2.25. The predicted octanol–water partition coefficient (Wildman–Crippen LogP) is 1.24. The van der Waals surface area contributed by atoms with E-state index in [9.17, 15) is 4.79 Å². The molecule has 20 heavy (non-hydrogen) atoms. The highest BCUT2D eigenvalue weighted by molar-refractivity contribution is 5.16. The summed E-state index contributed by atoms with van der Waals surface area (Å²) in [4.78, 5) is 11.0. The largest absolute Gasteiger partial charge is 0.495 e.